The van der Waals surface area contributed by atoms with Crippen LogP contribution in [0.4, 0.5) is 4.39 Å². The van der Waals surface area contributed by atoms with Gasteiger partial charge in [-0.15, -0.1) is 0 Å². The maximum atomic E-state index is 12.9. The van der Waals surface area contributed by atoms with Crippen LogP contribution in [0.2, 0.25) is 0 Å². The Morgan fingerprint density at radius 3 is 2.76 bits per heavy atom. The van der Waals surface area contributed by atoms with Crippen LogP contribution in [0.1, 0.15) is 24.3 Å². The highest BCUT2D eigenvalue weighted by Gasteiger charge is 2.07. The second-order valence-electron chi connectivity index (χ2n) is 3.64. The molecule has 0 fully saturated rings. The molecule has 0 aliphatic rings. The molecule has 0 saturated heterocycles. The topological polar surface area (TPSA) is 45.2 Å². The first-order valence-corrected chi connectivity index (χ1v) is 5.79. The van der Waals surface area contributed by atoms with Gasteiger partial charge in [0.05, 0.1) is 0 Å². The Balaban J connectivity index is 2.40. The number of hydrogen-bond acceptors (Lipinski definition) is 3. The summed E-state index contributed by atoms with van der Waals surface area (Å²) in [6.07, 6.45) is 1.29. The number of likely N-dealkylation sites (N-methyl/N-ethyl adjacent to an activating group) is 1. The molecule has 1 aromatic heterocycles. The highest BCUT2D eigenvalue weighted by molar-refractivity contribution is 5.92. The maximum absolute atomic E-state index is 12.9. The van der Waals surface area contributed by atoms with Crippen molar-refractivity contribution in [2.24, 2.45) is 0 Å². The second kappa shape index (κ2) is 6.96. The number of rotatable bonds is 6. The van der Waals surface area contributed by atoms with Crippen molar-refractivity contribution in [2.45, 2.75) is 13.8 Å². The van der Waals surface area contributed by atoms with E-state index in [4.69, 9.17) is 0 Å². The molecule has 0 aliphatic carbocycles. The van der Waals surface area contributed by atoms with Crippen LogP contribution >= 0.6 is 0 Å². The van der Waals surface area contributed by atoms with Crippen molar-refractivity contribution in [3.8, 4) is 0 Å². The van der Waals surface area contributed by atoms with Crippen LogP contribution < -0.4 is 5.32 Å². The fourth-order valence-electron chi connectivity index (χ4n) is 1.49. The van der Waals surface area contributed by atoms with Crippen LogP contribution in [0, 0.1) is 5.82 Å². The molecule has 0 spiro atoms. The molecule has 0 unspecified atom stereocenters. The molecule has 0 saturated carbocycles. The minimum atomic E-state index is -0.450. The summed E-state index contributed by atoms with van der Waals surface area (Å²) in [5.41, 5.74) is 0.115. The average Bonchev–Trinajstić information content (AvgIpc) is 2.34. The number of nitrogens with zero attached hydrogens (tertiary/aromatic N) is 2. The fourth-order valence-corrected chi connectivity index (χ4v) is 1.49. The molecule has 0 radical (unpaired) electrons. The molecule has 0 bridgehead atoms. The van der Waals surface area contributed by atoms with Crippen LogP contribution in [-0.4, -0.2) is 42.0 Å². The minimum Gasteiger partial charge on any atom is -0.349 e. The van der Waals surface area contributed by atoms with Gasteiger partial charge in [0.25, 0.3) is 5.91 Å². The van der Waals surface area contributed by atoms with Crippen molar-refractivity contribution >= 4 is 5.91 Å². The zero-order chi connectivity index (χ0) is 12.7. The van der Waals surface area contributed by atoms with E-state index in [1.54, 1.807) is 0 Å². The first kappa shape index (κ1) is 13.6. The summed E-state index contributed by atoms with van der Waals surface area (Å²) in [6, 6.07) is 2.35. The third-order valence-electron chi connectivity index (χ3n) is 2.56. The van der Waals surface area contributed by atoms with Gasteiger partial charge < -0.3 is 10.2 Å². The Hall–Kier alpha value is -1.49. The number of hydrogen-bond donors (Lipinski definition) is 1. The van der Waals surface area contributed by atoms with Gasteiger partial charge in [0.15, 0.2) is 0 Å². The molecule has 4 nitrogen and oxygen atoms in total. The van der Waals surface area contributed by atoms with E-state index in [9.17, 15) is 9.18 Å². The van der Waals surface area contributed by atoms with E-state index in [0.717, 1.165) is 25.7 Å². The minimum absolute atomic E-state index is 0.115. The predicted molar refractivity (Wildman–Crippen MR) is 64.3 cm³/mol. The van der Waals surface area contributed by atoms with Crippen molar-refractivity contribution in [3.63, 3.8) is 0 Å². The van der Waals surface area contributed by atoms with E-state index in [1.165, 1.54) is 12.3 Å². The lowest BCUT2D eigenvalue weighted by molar-refractivity contribution is 0.0943. The number of aromatic nitrogens is 1. The molecule has 1 aromatic rings. The van der Waals surface area contributed by atoms with Crippen molar-refractivity contribution in [1.82, 2.24) is 15.2 Å². The van der Waals surface area contributed by atoms with E-state index in [1.807, 2.05) is 0 Å². The van der Waals surface area contributed by atoms with Crippen molar-refractivity contribution < 1.29 is 9.18 Å². The normalized spacial score (nSPS) is 10.6. The molecular weight excluding hydrogens is 220 g/mol. The molecule has 5 heteroatoms. The molecular formula is C12H18FN3O. The lowest BCUT2D eigenvalue weighted by Crippen LogP contribution is -2.35. The Bertz CT molecular complexity index is 367. The van der Waals surface area contributed by atoms with Crippen LogP contribution in [0.25, 0.3) is 0 Å². The fraction of sp³-hybridized carbons (Fsp3) is 0.500. The van der Waals surface area contributed by atoms with Gasteiger partial charge in [-0.1, -0.05) is 13.8 Å². The summed E-state index contributed by atoms with van der Waals surface area (Å²) in [4.78, 5) is 17.6. The summed E-state index contributed by atoms with van der Waals surface area (Å²) < 4.78 is 12.9. The number of amides is 1. The molecule has 1 amide bonds. The second-order valence-corrected chi connectivity index (χ2v) is 3.64. The van der Waals surface area contributed by atoms with Crippen molar-refractivity contribution in [2.75, 3.05) is 26.2 Å². The number of nitrogens with one attached hydrogen (secondary N) is 1. The molecule has 0 atom stereocenters. The zero-order valence-electron chi connectivity index (χ0n) is 10.2. The summed E-state index contributed by atoms with van der Waals surface area (Å²) >= 11 is 0. The van der Waals surface area contributed by atoms with Gasteiger partial charge in [0, 0.05) is 25.4 Å². The Kier molecular flexibility index (Phi) is 5.56. The van der Waals surface area contributed by atoms with Gasteiger partial charge in [-0.3, -0.25) is 9.78 Å². The third-order valence-corrected chi connectivity index (χ3v) is 2.56. The van der Waals surface area contributed by atoms with Gasteiger partial charge in [0.1, 0.15) is 11.5 Å². The van der Waals surface area contributed by atoms with Crippen LogP contribution in [0.15, 0.2) is 18.3 Å². The molecule has 1 N–H and O–H groups in total. The summed E-state index contributed by atoms with van der Waals surface area (Å²) in [6.45, 7) is 7.36. The molecule has 1 heterocycles. The molecule has 94 valence electrons. The first-order valence-electron chi connectivity index (χ1n) is 5.79. The van der Waals surface area contributed by atoms with Gasteiger partial charge in [-0.05, 0) is 19.2 Å². The SMILES string of the molecule is CCN(CC)CCNC(=O)c1cc([18F])ccn1. The number of halogens is 1. The van der Waals surface area contributed by atoms with Crippen molar-refractivity contribution in [3.05, 3.63) is 29.8 Å². The zero-order valence-corrected chi connectivity index (χ0v) is 10.2. The van der Waals surface area contributed by atoms with Crippen LogP contribution in [-0.2, 0) is 0 Å². The predicted octanol–water partition coefficient (Wildman–Crippen LogP) is 1.29. The average molecular weight is 238 g/mol. The van der Waals surface area contributed by atoms with Crippen molar-refractivity contribution in [1.29, 1.82) is 0 Å². The Morgan fingerprint density at radius 1 is 1.47 bits per heavy atom. The Morgan fingerprint density at radius 2 is 2.18 bits per heavy atom. The highest BCUT2D eigenvalue weighted by Crippen LogP contribution is 1.98. The summed E-state index contributed by atoms with van der Waals surface area (Å²) in [5, 5.41) is 2.72. The van der Waals surface area contributed by atoms with E-state index < -0.39 is 5.82 Å². The maximum Gasteiger partial charge on any atom is 0.270 e. The van der Waals surface area contributed by atoms with Crippen LogP contribution in [0.3, 0.4) is 0 Å². The van der Waals surface area contributed by atoms with Gasteiger partial charge in [0.2, 0.25) is 0 Å². The smallest absolute Gasteiger partial charge is 0.270 e. The van der Waals surface area contributed by atoms with E-state index in [-0.39, 0.29) is 11.6 Å². The highest BCUT2D eigenvalue weighted by atomic mass is 18.2. The van der Waals surface area contributed by atoms with Crippen LogP contribution in [0.5, 0.6) is 0 Å². The van der Waals surface area contributed by atoms with E-state index >= 15 is 0 Å². The summed E-state index contributed by atoms with van der Waals surface area (Å²) in [5.74, 6) is -0.787. The number of carbonyl (C=O) groups is 1. The molecule has 0 aliphatic heterocycles. The van der Waals surface area contributed by atoms with E-state index in [2.05, 4.69) is 29.0 Å². The lowest BCUT2D eigenvalue weighted by Gasteiger charge is -2.17. The van der Waals surface area contributed by atoms with E-state index in [0.29, 0.717) is 6.54 Å². The molecule has 0 aromatic carbocycles. The summed E-state index contributed by atoms with van der Waals surface area (Å²) in [7, 11) is 0. The first-order chi connectivity index (χ1) is 8.17. The van der Waals surface area contributed by atoms with Gasteiger partial charge in [-0.2, -0.15) is 0 Å². The molecule has 17 heavy (non-hydrogen) atoms. The monoisotopic (exact) mass is 238 g/mol. The number of pyridine rings is 1. The largest absolute Gasteiger partial charge is 0.349 e. The third kappa shape index (κ3) is 4.48. The lowest BCUT2D eigenvalue weighted by atomic mass is 10.3. The van der Waals surface area contributed by atoms with Gasteiger partial charge >= 0.3 is 0 Å². The van der Waals surface area contributed by atoms with Gasteiger partial charge in [-0.25, -0.2) is 4.39 Å². The standard InChI is InChI=1S/C12H18FN3O/c1-3-16(4-2)8-7-15-12(17)11-9-10(13)5-6-14-11/h5-6,9H,3-4,7-8H2,1-2H3,(H,15,17)/i13-1. The molecule has 1 rings (SSSR count). The quantitative estimate of drug-likeness (QED) is 0.812. The Labute approximate surface area is 101 Å². The number of carbonyl (C=O) groups excluding carboxylic acids is 1.